The topological polar surface area (TPSA) is 68.0 Å². The second-order valence-corrected chi connectivity index (χ2v) is 4.97. The Kier molecular flexibility index (Phi) is 4.42. The molecule has 3 aromatic rings. The number of carbonyl (C=O) groups is 1. The largest absolute Gasteiger partial charge is 0.356 e. The van der Waals surface area contributed by atoms with E-state index in [9.17, 15) is 9.18 Å². The number of hydrogen-bond acceptors (Lipinski definition) is 4. The van der Waals surface area contributed by atoms with Crippen LogP contribution in [0.4, 0.5) is 4.39 Å². The predicted octanol–water partition coefficient (Wildman–Crippen LogP) is 2.73. The smallest absolute Gasteiger partial charge is 0.226 e. The van der Waals surface area contributed by atoms with E-state index in [0.29, 0.717) is 23.6 Å². The van der Waals surface area contributed by atoms with Gasteiger partial charge in [-0.05, 0) is 29.8 Å². The van der Waals surface area contributed by atoms with Crippen molar-refractivity contribution in [3.63, 3.8) is 0 Å². The van der Waals surface area contributed by atoms with E-state index in [1.54, 1.807) is 36.7 Å². The molecule has 0 unspecified atom stereocenters. The van der Waals surface area contributed by atoms with Crippen LogP contribution in [-0.2, 0) is 17.8 Å². The van der Waals surface area contributed by atoms with E-state index in [4.69, 9.17) is 4.52 Å². The van der Waals surface area contributed by atoms with Gasteiger partial charge in [-0.3, -0.25) is 9.78 Å². The average Bonchev–Trinajstić information content (AvgIpc) is 3.02. The second kappa shape index (κ2) is 6.83. The summed E-state index contributed by atoms with van der Waals surface area (Å²) >= 11 is 0. The molecule has 0 aliphatic rings. The van der Waals surface area contributed by atoms with Crippen LogP contribution in [0.3, 0.4) is 0 Å². The number of amides is 1. The van der Waals surface area contributed by atoms with E-state index < -0.39 is 5.82 Å². The first-order valence-corrected chi connectivity index (χ1v) is 7.08. The molecule has 0 fully saturated rings. The summed E-state index contributed by atoms with van der Waals surface area (Å²) in [5.74, 6) is -0.271. The molecule has 2 heterocycles. The zero-order chi connectivity index (χ0) is 16.1. The molecule has 116 valence electrons. The molecule has 0 spiro atoms. The van der Waals surface area contributed by atoms with E-state index >= 15 is 0 Å². The minimum absolute atomic E-state index is 0.0725. The number of halogens is 1. The molecule has 1 N–H and O–H groups in total. The molecule has 0 aliphatic carbocycles. The molecule has 1 aromatic carbocycles. The van der Waals surface area contributed by atoms with Gasteiger partial charge in [0.2, 0.25) is 5.91 Å². The third-order valence-corrected chi connectivity index (χ3v) is 3.28. The predicted molar refractivity (Wildman–Crippen MR) is 81.7 cm³/mol. The highest BCUT2D eigenvalue weighted by atomic mass is 19.1. The molecule has 0 bridgehead atoms. The van der Waals surface area contributed by atoms with Gasteiger partial charge < -0.3 is 9.84 Å². The zero-order valence-corrected chi connectivity index (χ0v) is 12.2. The van der Waals surface area contributed by atoms with Crippen molar-refractivity contribution < 1.29 is 13.7 Å². The van der Waals surface area contributed by atoms with Crippen molar-refractivity contribution in [2.75, 3.05) is 0 Å². The Bertz CT molecular complexity index is 802. The molecule has 23 heavy (non-hydrogen) atoms. The van der Waals surface area contributed by atoms with Crippen LogP contribution in [0.5, 0.6) is 0 Å². The molecule has 5 nitrogen and oxygen atoms in total. The van der Waals surface area contributed by atoms with E-state index in [1.807, 2.05) is 12.1 Å². The van der Waals surface area contributed by atoms with Crippen LogP contribution in [0.1, 0.15) is 11.3 Å². The Morgan fingerprint density at radius 3 is 2.74 bits per heavy atom. The highest BCUT2D eigenvalue weighted by Crippen LogP contribution is 2.23. The van der Waals surface area contributed by atoms with Crippen molar-refractivity contribution in [1.29, 1.82) is 0 Å². The van der Waals surface area contributed by atoms with Gasteiger partial charge >= 0.3 is 0 Å². The molecular formula is C17H14FN3O2. The second-order valence-electron chi connectivity index (χ2n) is 4.97. The summed E-state index contributed by atoms with van der Waals surface area (Å²) in [5.41, 5.74) is 1.74. The van der Waals surface area contributed by atoms with E-state index in [2.05, 4.69) is 15.5 Å². The lowest BCUT2D eigenvalue weighted by Crippen LogP contribution is -2.24. The standard InChI is InChI=1S/C17H14FN3O2/c18-15-4-2-1-3-14(15)16-9-13(21-23-16)10-17(22)20-11-12-5-7-19-8-6-12/h1-9H,10-11H2,(H,20,22). The fourth-order valence-electron chi connectivity index (χ4n) is 2.11. The van der Waals surface area contributed by atoms with Gasteiger partial charge in [0.1, 0.15) is 5.82 Å². The van der Waals surface area contributed by atoms with Crippen LogP contribution < -0.4 is 5.32 Å². The lowest BCUT2D eigenvalue weighted by Gasteiger charge is -2.03. The van der Waals surface area contributed by atoms with E-state index in [-0.39, 0.29) is 12.3 Å². The normalized spacial score (nSPS) is 10.5. The minimum atomic E-state index is -0.391. The Balaban J connectivity index is 1.61. The first kappa shape index (κ1) is 14.9. The molecular weight excluding hydrogens is 297 g/mol. The van der Waals surface area contributed by atoms with Crippen molar-refractivity contribution >= 4 is 5.91 Å². The Morgan fingerprint density at radius 2 is 1.96 bits per heavy atom. The van der Waals surface area contributed by atoms with Crippen LogP contribution in [0, 0.1) is 5.82 Å². The quantitative estimate of drug-likeness (QED) is 0.786. The summed E-state index contributed by atoms with van der Waals surface area (Å²) < 4.78 is 18.8. The number of carbonyl (C=O) groups excluding carboxylic acids is 1. The molecule has 0 saturated heterocycles. The van der Waals surface area contributed by atoms with E-state index in [0.717, 1.165) is 5.56 Å². The van der Waals surface area contributed by atoms with Crippen LogP contribution in [-0.4, -0.2) is 16.0 Å². The van der Waals surface area contributed by atoms with Crippen molar-refractivity contribution in [3.05, 3.63) is 71.9 Å². The Morgan fingerprint density at radius 1 is 1.17 bits per heavy atom. The van der Waals surface area contributed by atoms with Crippen molar-refractivity contribution in [3.8, 4) is 11.3 Å². The van der Waals surface area contributed by atoms with Gasteiger partial charge in [-0.2, -0.15) is 0 Å². The Hall–Kier alpha value is -3.02. The van der Waals surface area contributed by atoms with Gasteiger partial charge in [0, 0.05) is 25.0 Å². The van der Waals surface area contributed by atoms with Gasteiger partial charge in [-0.1, -0.05) is 17.3 Å². The van der Waals surface area contributed by atoms with Crippen LogP contribution in [0.25, 0.3) is 11.3 Å². The van der Waals surface area contributed by atoms with Gasteiger partial charge in [0.25, 0.3) is 0 Å². The number of nitrogens with one attached hydrogen (secondary N) is 1. The molecule has 1 amide bonds. The van der Waals surface area contributed by atoms with E-state index in [1.165, 1.54) is 6.07 Å². The highest BCUT2D eigenvalue weighted by molar-refractivity contribution is 5.78. The lowest BCUT2D eigenvalue weighted by atomic mass is 10.1. The summed E-state index contributed by atoms with van der Waals surface area (Å²) in [6.07, 6.45) is 3.41. The fraction of sp³-hybridized carbons (Fsp3) is 0.118. The summed E-state index contributed by atoms with van der Waals surface area (Å²) in [7, 11) is 0. The van der Waals surface area contributed by atoms with Gasteiger partial charge in [0.05, 0.1) is 17.7 Å². The van der Waals surface area contributed by atoms with Crippen molar-refractivity contribution in [1.82, 2.24) is 15.5 Å². The van der Waals surface area contributed by atoms with Gasteiger partial charge in [0.15, 0.2) is 5.76 Å². The number of pyridine rings is 1. The molecule has 6 heteroatoms. The van der Waals surface area contributed by atoms with Crippen LogP contribution in [0.15, 0.2) is 59.4 Å². The summed E-state index contributed by atoms with van der Waals surface area (Å²) in [6, 6.07) is 11.5. The summed E-state index contributed by atoms with van der Waals surface area (Å²) in [6.45, 7) is 0.416. The number of hydrogen-bond donors (Lipinski definition) is 1. The third kappa shape index (κ3) is 3.79. The number of aromatic nitrogens is 2. The van der Waals surface area contributed by atoms with Crippen LogP contribution >= 0.6 is 0 Å². The van der Waals surface area contributed by atoms with Crippen LogP contribution in [0.2, 0.25) is 0 Å². The fourth-order valence-corrected chi connectivity index (χ4v) is 2.11. The molecule has 0 aliphatic heterocycles. The maximum absolute atomic E-state index is 13.7. The maximum atomic E-state index is 13.7. The van der Waals surface area contributed by atoms with Gasteiger partial charge in [-0.15, -0.1) is 0 Å². The lowest BCUT2D eigenvalue weighted by molar-refractivity contribution is -0.120. The molecule has 3 rings (SSSR count). The molecule has 2 aromatic heterocycles. The number of benzene rings is 1. The van der Waals surface area contributed by atoms with Crippen molar-refractivity contribution in [2.24, 2.45) is 0 Å². The van der Waals surface area contributed by atoms with Crippen molar-refractivity contribution in [2.45, 2.75) is 13.0 Å². The molecule has 0 atom stereocenters. The first-order valence-electron chi connectivity index (χ1n) is 7.08. The maximum Gasteiger partial charge on any atom is 0.226 e. The minimum Gasteiger partial charge on any atom is -0.356 e. The monoisotopic (exact) mass is 311 g/mol. The molecule has 0 radical (unpaired) electrons. The number of rotatable bonds is 5. The summed E-state index contributed by atoms with van der Waals surface area (Å²) in [4.78, 5) is 15.8. The Labute approximate surface area is 132 Å². The third-order valence-electron chi connectivity index (χ3n) is 3.28. The number of nitrogens with zero attached hydrogens (tertiary/aromatic N) is 2. The average molecular weight is 311 g/mol. The highest BCUT2D eigenvalue weighted by Gasteiger charge is 2.13. The zero-order valence-electron chi connectivity index (χ0n) is 12.2. The summed E-state index contributed by atoms with van der Waals surface area (Å²) in [5, 5.41) is 6.60. The molecule has 0 saturated carbocycles. The van der Waals surface area contributed by atoms with Gasteiger partial charge in [-0.25, -0.2) is 4.39 Å². The SMILES string of the molecule is O=C(Cc1cc(-c2ccccc2F)on1)NCc1ccncc1. The first-order chi connectivity index (χ1) is 11.2.